The summed E-state index contributed by atoms with van der Waals surface area (Å²) in [6, 6.07) is 0. The van der Waals surface area contributed by atoms with Gasteiger partial charge in [-0.1, -0.05) is 73.5 Å². The molecular weight excluding hydrogens is 408 g/mol. The maximum absolute atomic E-state index is 6.63. The quantitative estimate of drug-likeness (QED) is 0.179. The zero-order valence-electron chi connectivity index (χ0n) is 21.0. The average Bonchev–Trinajstić information content (AvgIpc) is 2.76. The topological polar surface area (TPSA) is 36.9 Å². The van der Waals surface area contributed by atoms with Gasteiger partial charge < -0.3 is 17.7 Å². The van der Waals surface area contributed by atoms with E-state index in [2.05, 4.69) is 72.0 Å². The lowest BCUT2D eigenvalue weighted by molar-refractivity contribution is 0.148. The van der Waals surface area contributed by atoms with E-state index in [-0.39, 0.29) is 5.16 Å². The zero-order valence-corrected chi connectivity index (χ0v) is 23.0. The van der Waals surface area contributed by atoms with Crippen LogP contribution in [0.1, 0.15) is 99.8 Å². The van der Waals surface area contributed by atoms with Crippen molar-refractivity contribution in [3.63, 3.8) is 0 Å². The van der Waals surface area contributed by atoms with Crippen LogP contribution in [0.3, 0.4) is 0 Å². The molecule has 0 radical (unpaired) electrons. The molecule has 0 heterocycles. The second kappa shape index (κ2) is 18.3. The molecule has 0 aliphatic carbocycles. The van der Waals surface area contributed by atoms with E-state index in [1.807, 2.05) is 0 Å². The van der Waals surface area contributed by atoms with E-state index in [1.54, 1.807) is 0 Å². The highest BCUT2D eigenvalue weighted by Gasteiger charge is 2.56. The first kappa shape index (κ1) is 29.8. The molecule has 0 aliphatic rings. The first-order valence-electron chi connectivity index (χ1n) is 12.4. The molecule has 0 aromatic heterocycles. The third kappa shape index (κ3) is 10.4. The Labute approximate surface area is 189 Å². The summed E-state index contributed by atoms with van der Waals surface area (Å²) in [6.45, 7) is 18.2. The molecule has 0 amide bonds. The van der Waals surface area contributed by atoms with Gasteiger partial charge in [-0.15, -0.1) is 0 Å². The van der Waals surface area contributed by atoms with E-state index in [1.165, 1.54) is 0 Å². The molecule has 178 valence electrons. The van der Waals surface area contributed by atoms with Gasteiger partial charge in [-0.05, 0) is 49.9 Å². The maximum Gasteiger partial charge on any atom is 0.369 e. The molecule has 0 aromatic carbocycles. The number of allylic oxidation sites excluding steroid dienone is 2. The van der Waals surface area contributed by atoms with Crippen molar-refractivity contribution in [3.05, 3.63) is 23.6 Å². The number of hydrogen-bond donors (Lipinski definition) is 0. The Balaban J connectivity index is 6.31. The lowest BCUT2D eigenvalue weighted by Gasteiger charge is -2.41. The van der Waals surface area contributed by atoms with E-state index in [4.69, 9.17) is 17.7 Å². The van der Waals surface area contributed by atoms with Gasteiger partial charge in [-0.2, -0.15) is 0 Å². The van der Waals surface area contributed by atoms with E-state index < -0.39 is 17.1 Å². The molecule has 0 fully saturated rings. The van der Waals surface area contributed by atoms with Gasteiger partial charge in [0.25, 0.3) is 0 Å². The summed E-state index contributed by atoms with van der Waals surface area (Å²) in [6.07, 6.45) is 12.8. The fourth-order valence-corrected chi connectivity index (χ4v) is 12.3. The van der Waals surface area contributed by atoms with E-state index in [9.17, 15) is 0 Å². The summed E-state index contributed by atoms with van der Waals surface area (Å²) in [4.78, 5) is 0. The predicted molar refractivity (Wildman–Crippen MR) is 134 cm³/mol. The fourth-order valence-electron chi connectivity index (χ4n) is 3.22. The molecule has 6 heteroatoms. The van der Waals surface area contributed by atoms with Gasteiger partial charge in [-0.3, -0.25) is 0 Å². The fraction of sp³-hybridized carbons (Fsp3) is 0.833. The summed E-state index contributed by atoms with van der Waals surface area (Å²) >= 11 is 0. The Bertz CT molecular complexity index is 398. The van der Waals surface area contributed by atoms with Gasteiger partial charge in [0.2, 0.25) is 0 Å². The first-order valence-corrected chi connectivity index (χ1v) is 16.4. The third-order valence-electron chi connectivity index (χ3n) is 4.95. The van der Waals surface area contributed by atoms with Gasteiger partial charge in [0.1, 0.15) is 0 Å². The third-order valence-corrected chi connectivity index (χ3v) is 13.8. The lowest BCUT2D eigenvalue weighted by Crippen LogP contribution is -2.59. The van der Waals surface area contributed by atoms with Gasteiger partial charge in [-0.25, -0.2) is 0 Å². The van der Waals surface area contributed by atoms with Crippen molar-refractivity contribution in [2.24, 2.45) is 0 Å². The second-order valence-electron chi connectivity index (χ2n) is 7.94. The summed E-state index contributed by atoms with van der Waals surface area (Å²) in [5.41, 5.74) is 4.57. The van der Waals surface area contributed by atoms with Crippen LogP contribution in [0, 0.1) is 0 Å². The van der Waals surface area contributed by atoms with E-state index in [0.29, 0.717) is 26.4 Å². The van der Waals surface area contributed by atoms with Gasteiger partial charge in [0.05, 0.1) is 5.16 Å². The standard InChI is InChI=1S/C24H50O4Si2/c1-8-14-16-22-29(25-18-10-3,26-19-11-4)24(7)30(27-20-12-5,28-21-13-6)23-17-15-9-2/h16-17,22-24H,8-15,18-21H2,1-7H3. The smallest absolute Gasteiger partial charge is 0.369 e. The molecule has 0 saturated carbocycles. The van der Waals surface area contributed by atoms with Gasteiger partial charge >= 0.3 is 17.1 Å². The minimum absolute atomic E-state index is 0.0995. The van der Waals surface area contributed by atoms with Crippen molar-refractivity contribution in [3.8, 4) is 0 Å². The van der Waals surface area contributed by atoms with Crippen LogP contribution in [0.4, 0.5) is 0 Å². The average molecular weight is 459 g/mol. The van der Waals surface area contributed by atoms with Crippen molar-refractivity contribution in [2.75, 3.05) is 26.4 Å². The largest absolute Gasteiger partial charge is 0.391 e. The normalized spacial score (nSPS) is 14.2. The number of rotatable bonds is 20. The van der Waals surface area contributed by atoms with Crippen LogP contribution < -0.4 is 0 Å². The maximum atomic E-state index is 6.63. The molecular formula is C24H50O4Si2. The Morgan fingerprint density at radius 1 is 0.533 bits per heavy atom. The Morgan fingerprint density at radius 3 is 1.07 bits per heavy atom. The van der Waals surface area contributed by atoms with Crippen LogP contribution in [0.25, 0.3) is 0 Å². The van der Waals surface area contributed by atoms with Crippen molar-refractivity contribution < 1.29 is 17.7 Å². The number of hydrogen-bond acceptors (Lipinski definition) is 4. The van der Waals surface area contributed by atoms with Crippen molar-refractivity contribution in [2.45, 2.75) is 105 Å². The van der Waals surface area contributed by atoms with Gasteiger partial charge in [0, 0.05) is 26.4 Å². The van der Waals surface area contributed by atoms with Crippen LogP contribution in [0.15, 0.2) is 23.6 Å². The molecule has 4 nitrogen and oxygen atoms in total. The first-order chi connectivity index (χ1) is 14.5. The van der Waals surface area contributed by atoms with Crippen LogP contribution in [-0.2, 0) is 17.7 Å². The monoisotopic (exact) mass is 458 g/mol. The summed E-state index contributed by atoms with van der Waals surface area (Å²) in [7, 11) is -5.39. The summed E-state index contributed by atoms with van der Waals surface area (Å²) in [5, 5.41) is 0.0995. The molecule has 0 N–H and O–H groups in total. The van der Waals surface area contributed by atoms with Crippen molar-refractivity contribution in [1.29, 1.82) is 0 Å². The molecule has 0 rings (SSSR count). The van der Waals surface area contributed by atoms with E-state index in [0.717, 1.165) is 51.4 Å². The van der Waals surface area contributed by atoms with Crippen LogP contribution in [0.2, 0.25) is 5.16 Å². The van der Waals surface area contributed by atoms with Crippen LogP contribution in [0.5, 0.6) is 0 Å². The summed E-state index contributed by atoms with van der Waals surface area (Å²) in [5.74, 6) is 0. The highest BCUT2D eigenvalue weighted by molar-refractivity contribution is 6.92. The van der Waals surface area contributed by atoms with Crippen molar-refractivity contribution >= 4 is 17.1 Å². The van der Waals surface area contributed by atoms with E-state index >= 15 is 0 Å². The molecule has 30 heavy (non-hydrogen) atoms. The highest BCUT2D eigenvalue weighted by atomic mass is 28.4. The Kier molecular flexibility index (Phi) is 18.2. The zero-order chi connectivity index (χ0) is 22.7. The van der Waals surface area contributed by atoms with Crippen LogP contribution in [-0.4, -0.2) is 43.5 Å². The molecule has 0 bridgehead atoms. The van der Waals surface area contributed by atoms with Crippen LogP contribution >= 0.6 is 0 Å². The van der Waals surface area contributed by atoms with Crippen molar-refractivity contribution in [1.82, 2.24) is 0 Å². The van der Waals surface area contributed by atoms with Gasteiger partial charge in [0.15, 0.2) is 0 Å². The molecule has 0 spiro atoms. The minimum atomic E-state index is -2.69. The molecule has 0 atom stereocenters. The number of unbranched alkanes of at least 4 members (excludes halogenated alkanes) is 2. The Morgan fingerprint density at radius 2 is 0.833 bits per heavy atom. The summed E-state index contributed by atoms with van der Waals surface area (Å²) < 4.78 is 26.5. The highest BCUT2D eigenvalue weighted by Crippen LogP contribution is 2.38. The lowest BCUT2D eigenvalue weighted by atomic mass is 10.3. The molecule has 0 aliphatic heterocycles. The molecule has 0 aromatic rings. The predicted octanol–water partition coefficient (Wildman–Crippen LogP) is 7.30. The SMILES string of the molecule is CCCC=C[Si](OCCC)(OCCC)C(C)[Si](C=CCCC)(OCCC)OCCC. The molecule has 0 saturated heterocycles. The molecule has 0 unspecified atom stereocenters. The second-order valence-corrected chi connectivity index (χ2v) is 15.0. The minimum Gasteiger partial charge on any atom is -0.391 e. The Hall–Kier alpha value is -0.246.